The number of hydrogen-bond donors (Lipinski definition) is 1. The van der Waals surface area contributed by atoms with Gasteiger partial charge >= 0.3 is 0 Å². The molecule has 1 heterocycles. The molecule has 1 atom stereocenters. The second kappa shape index (κ2) is 6.32. The van der Waals surface area contributed by atoms with Gasteiger partial charge in [-0.1, -0.05) is 31.9 Å². The fourth-order valence-electron chi connectivity index (χ4n) is 2.19. The van der Waals surface area contributed by atoms with E-state index >= 15 is 0 Å². The number of halogens is 2. The van der Waals surface area contributed by atoms with Gasteiger partial charge in [-0.15, -0.1) is 0 Å². The van der Waals surface area contributed by atoms with Gasteiger partial charge in [0.05, 0.1) is 6.10 Å². The Morgan fingerprint density at radius 2 is 2.00 bits per heavy atom. The lowest BCUT2D eigenvalue weighted by atomic mass is 9.91. The summed E-state index contributed by atoms with van der Waals surface area (Å²) in [6, 6.07) is 5.91. The molecule has 1 saturated heterocycles. The highest BCUT2D eigenvalue weighted by molar-refractivity contribution is 9.11. The number of benzene rings is 1. The predicted octanol–water partition coefficient (Wildman–Crippen LogP) is 4.06. The van der Waals surface area contributed by atoms with Crippen LogP contribution < -0.4 is 0 Å². The van der Waals surface area contributed by atoms with Gasteiger partial charge in [0.25, 0.3) is 0 Å². The van der Waals surface area contributed by atoms with Crippen molar-refractivity contribution in [3.05, 3.63) is 32.7 Å². The molecule has 94 valence electrons. The van der Waals surface area contributed by atoms with Crippen LogP contribution in [0.5, 0.6) is 0 Å². The average Bonchev–Trinajstić information content (AvgIpc) is 2.33. The molecule has 1 aromatic rings. The zero-order valence-corrected chi connectivity index (χ0v) is 12.7. The molecule has 0 radical (unpaired) electrons. The van der Waals surface area contributed by atoms with E-state index in [0.717, 1.165) is 47.0 Å². The molecule has 2 nitrogen and oxygen atoms in total. The van der Waals surface area contributed by atoms with Crippen LogP contribution in [0, 0.1) is 5.92 Å². The molecule has 0 saturated carbocycles. The van der Waals surface area contributed by atoms with Crippen molar-refractivity contribution in [1.29, 1.82) is 0 Å². The van der Waals surface area contributed by atoms with Crippen molar-refractivity contribution in [2.45, 2.75) is 25.4 Å². The first-order chi connectivity index (χ1) is 8.16. The van der Waals surface area contributed by atoms with E-state index in [1.54, 1.807) is 0 Å². The van der Waals surface area contributed by atoms with Gasteiger partial charge in [-0.05, 0) is 48.9 Å². The Hall–Kier alpha value is 0.1000. The Morgan fingerprint density at radius 1 is 1.29 bits per heavy atom. The first-order valence-corrected chi connectivity index (χ1v) is 7.46. The van der Waals surface area contributed by atoms with E-state index in [2.05, 4.69) is 31.9 Å². The molecule has 2 rings (SSSR count). The minimum Gasteiger partial charge on any atom is -0.388 e. The minimum atomic E-state index is -0.398. The van der Waals surface area contributed by atoms with Crippen LogP contribution >= 0.6 is 31.9 Å². The number of ether oxygens (including phenoxy) is 1. The summed E-state index contributed by atoms with van der Waals surface area (Å²) in [4.78, 5) is 0. The van der Waals surface area contributed by atoms with Gasteiger partial charge < -0.3 is 9.84 Å². The van der Waals surface area contributed by atoms with Crippen molar-refractivity contribution < 1.29 is 9.84 Å². The molecule has 0 spiro atoms. The summed E-state index contributed by atoms with van der Waals surface area (Å²) in [6.07, 6.45) is 2.54. The Balaban J connectivity index is 2.02. The molecule has 0 amide bonds. The Morgan fingerprint density at radius 3 is 2.71 bits per heavy atom. The summed E-state index contributed by atoms with van der Waals surface area (Å²) < 4.78 is 7.31. The predicted molar refractivity (Wildman–Crippen MR) is 75.0 cm³/mol. The molecule has 0 aromatic heterocycles. The fraction of sp³-hybridized carbons (Fsp3) is 0.538. The topological polar surface area (TPSA) is 29.5 Å². The molecular formula is C13H16Br2O2. The quantitative estimate of drug-likeness (QED) is 0.877. The van der Waals surface area contributed by atoms with Gasteiger partial charge in [0, 0.05) is 22.2 Å². The molecule has 1 N–H and O–H groups in total. The third-order valence-corrected chi connectivity index (χ3v) is 4.43. The third-order valence-electron chi connectivity index (χ3n) is 3.21. The maximum absolute atomic E-state index is 10.3. The molecule has 1 aliphatic heterocycles. The van der Waals surface area contributed by atoms with Gasteiger partial charge in [-0.2, -0.15) is 0 Å². The van der Waals surface area contributed by atoms with Crippen LogP contribution in [0.1, 0.15) is 30.9 Å². The normalized spacial score (nSPS) is 19.2. The van der Waals surface area contributed by atoms with Crippen LogP contribution in [0.4, 0.5) is 0 Å². The van der Waals surface area contributed by atoms with Crippen molar-refractivity contribution in [3.8, 4) is 0 Å². The molecule has 0 bridgehead atoms. The zero-order chi connectivity index (χ0) is 12.3. The lowest BCUT2D eigenvalue weighted by molar-refractivity contribution is 0.0434. The molecule has 4 heteroatoms. The van der Waals surface area contributed by atoms with E-state index in [1.807, 2.05) is 18.2 Å². The number of aliphatic hydroxyl groups excluding tert-OH is 1. The molecular weight excluding hydrogens is 348 g/mol. The number of hydrogen-bond acceptors (Lipinski definition) is 2. The maximum atomic E-state index is 10.3. The van der Waals surface area contributed by atoms with Crippen LogP contribution in [-0.2, 0) is 4.74 Å². The molecule has 0 aliphatic carbocycles. The number of aliphatic hydroxyl groups is 1. The van der Waals surface area contributed by atoms with Crippen LogP contribution in [0.3, 0.4) is 0 Å². The molecule has 1 unspecified atom stereocenters. The highest BCUT2D eigenvalue weighted by atomic mass is 79.9. The SMILES string of the molecule is OC(CC1CCOCC1)c1cc(Br)ccc1Br. The van der Waals surface area contributed by atoms with Crippen LogP contribution in [-0.4, -0.2) is 18.3 Å². The van der Waals surface area contributed by atoms with Crippen molar-refractivity contribution in [2.75, 3.05) is 13.2 Å². The van der Waals surface area contributed by atoms with Crippen LogP contribution in [0.25, 0.3) is 0 Å². The van der Waals surface area contributed by atoms with Crippen molar-refractivity contribution in [1.82, 2.24) is 0 Å². The molecule has 1 fully saturated rings. The maximum Gasteiger partial charge on any atom is 0.0804 e. The Bertz CT molecular complexity index is 376. The van der Waals surface area contributed by atoms with Crippen LogP contribution in [0.2, 0.25) is 0 Å². The van der Waals surface area contributed by atoms with Gasteiger partial charge in [0.2, 0.25) is 0 Å². The largest absolute Gasteiger partial charge is 0.388 e. The molecule has 1 aromatic carbocycles. The summed E-state index contributed by atoms with van der Waals surface area (Å²) >= 11 is 6.93. The average molecular weight is 364 g/mol. The Labute approximate surface area is 119 Å². The highest BCUT2D eigenvalue weighted by Gasteiger charge is 2.20. The fourth-order valence-corrected chi connectivity index (χ4v) is 3.08. The highest BCUT2D eigenvalue weighted by Crippen LogP contribution is 2.32. The minimum absolute atomic E-state index is 0.398. The van der Waals surface area contributed by atoms with Gasteiger partial charge in [0.1, 0.15) is 0 Å². The molecule has 17 heavy (non-hydrogen) atoms. The smallest absolute Gasteiger partial charge is 0.0804 e. The van der Waals surface area contributed by atoms with Crippen LogP contribution in [0.15, 0.2) is 27.1 Å². The van der Waals surface area contributed by atoms with E-state index < -0.39 is 6.10 Å². The first-order valence-electron chi connectivity index (χ1n) is 5.87. The van der Waals surface area contributed by atoms with Crippen molar-refractivity contribution >= 4 is 31.9 Å². The first kappa shape index (κ1) is 13.5. The monoisotopic (exact) mass is 362 g/mol. The second-order valence-electron chi connectivity index (χ2n) is 4.47. The zero-order valence-electron chi connectivity index (χ0n) is 9.53. The summed E-state index contributed by atoms with van der Waals surface area (Å²) in [7, 11) is 0. The summed E-state index contributed by atoms with van der Waals surface area (Å²) in [5.41, 5.74) is 0.964. The lowest BCUT2D eigenvalue weighted by Crippen LogP contribution is -2.18. The van der Waals surface area contributed by atoms with Gasteiger partial charge in [-0.3, -0.25) is 0 Å². The standard InChI is InChI=1S/C13H16Br2O2/c14-10-1-2-12(15)11(8-10)13(16)7-9-3-5-17-6-4-9/h1-2,8-9,13,16H,3-7H2. The lowest BCUT2D eigenvalue weighted by Gasteiger charge is -2.24. The van der Waals surface area contributed by atoms with E-state index in [-0.39, 0.29) is 0 Å². The van der Waals surface area contributed by atoms with E-state index in [1.165, 1.54) is 0 Å². The van der Waals surface area contributed by atoms with Crippen molar-refractivity contribution in [2.24, 2.45) is 5.92 Å². The van der Waals surface area contributed by atoms with E-state index in [4.69, 9.17) is 4.74 Å². The van der Waals surface area contributed by atoms with E-state index in [9.17, 15) is 5.11 Å². The van der Waals surface area contributed by atoms with Crippen molar-refractivity contribution in [3.63, 3.8) is 0 Å². The Kier molecular flexibility index (Phi) is 5.03. The van der Waals surface area contributed by atoms with Gasteiger partial charge in [-0.25, -0.2) is 0 Å². The summed E-state index contributed by atoms with van der Waals surface area (Å²) in [6.45, 7) is 1.66. The van der Waals surface area contributed by atoms with E-state index in [0.29, 0.717) is 5.92 Å². The molecule has 1 aliphatic rings. The third kappa shape index (κ3) is 3.78. The summed E-state index contributed by atoms with van der Waals surface area (Å²) in [5.74, 6) is 0.574. The second-order valence-corrected chi connectivity index (χ2v) is 6.24. The summed E-state index contributed by atoms with van der Waals surface area (Å²) in [5, 5.41) is 10.3. The van der Waals surface area contributed by atoms with Gasteiger partial charge in [0.15, 0.2) is 0 Å². The number of rotatable bonds is 3.